The second-order valence-corrected chi connectivity index (χ2v) is 6.33. The van der Waals surface area contributed by atoms with Crippen LogP contribution in [0.1, 0.15) is 31.8 Å². The predicted molar refractivity (Wildman–Crippen MR) is 104 cm³/mol. The Morgan fingerprint density at radius 2 is 1.34 bits per heavy atom. The summed E-state index contributed by atoms with van der Waals surface area (Å²) >= 11 is 0. The molecule has 148 valence electrons. The van der Waals surface area contributed by atoms with Crippen molar-refractivity contribution in [2.45, 2.75) is 13.0 Å². The van der Waals surface area contributed by atoms with Crippen LogP contribution in [0.25, 0.3) is 0 Å². The van der Waals surface area contributed by atoms with Gasteiger partial charge in [-0.3, -0.25) is 14.6 Å². The number of hydrogen-bond donors (Lipinski definition) is 2. The highest BCUT2D eigenvalue weighted by Crippen LogP contribution is 2.08. The van der Waals surface area contributed by atoms with Gasteiger partial charge < -0.3 is 10.6 Å². The van der Waals surface area contributed by atoms with Crippen LogP contribution < -0.4 is 10.6 Å². The van der Waals surface area contributed by atoms with Crippen LogP contribution in [0.4, 0.5) is 8.78 Å². The van der Waals surface area contributed by atoms with Crippen molar-refractivity contribution in [1.29, 1.82) is 0 Å². The summed E-state index contributed by atoms with van der Waals surface area (Å²) in [4.78, 5) is 28.5. The molecule has 0 saturated carbocycles. The van der Waals surface area contributed by atoms with Gasteiger partial charge in [0, 0.05) is 31.0 Å². The number of halogens is 2. The van der Waals surface area contributed by atoms with E-state index in [2.05, 4.69) is 15.6 Å². The summed E-state index contributed by atoms with van der Waals surface area (Å²) in [6.45, 7) is 0.258. The normalized spacial score (nSPS) is 10.4. The maximum atomic E-state index is 13.6. The summed E-state index contributed by atoms with van der Waals surface area (Å²) in [6.07, 6.45) is 3.01. The molecule has 2 amide bonds. The lowest BCUT2D eigenvalue weighted by molar-refractivity contribution is 0.0950. The van der Waals surface area contributed by atoms with Crippen LogP contribution >= 0.6 is 0 Å². The van der Waals surface area contributed by atoms with Crippen molar-refractivity contribution in [3.63, 3.8) is 0 Å². The highest BCUT2D eigenvalue weighted by molar-refractivity contribution is 5.99. The second-order valence-electron chi connectivity index (χ2n) is 6.33. The van der Waals surface area contributed by atoms with E-state index >= 15 is 0 Å². The van der Waals surface area contributed by atoms with Crippen LogP contribution in [0.2, 0.25) is 0 Å². The lowest BCUT2D eigenvalue weighted by Crippen LogP contribution is -2.27. The van der Waals surface area contributed by atoms with Crippen molar-refractivity contribution in [2.75, 3.05) is 6.54 Å². The van der Waals surface area contributed by atoms with E-state index in [1.807, 2.05) is 0 Å². The van der Waals surface area contributed by atoms with Gasteiger partial charge in [0.15, 0.2) is 0 Å². The van der Waals surface area contributed by atoms with E-state index in [9.17, 15) is 18.4 Å². The van der Waals surface area contributed by atoms with Crippen molar-refractivity contribution >= 4 is 11.8 Å². The first-order valence-electron chi connectivity index (χ1n) is 9.03. The van der Waals surface area contributed by atoms with E-state index in [0.29, 0.717) is 17.5 Å². The van der Waals surface area contributed by atoms with E-state index in [1.165, 1.54) is 30.6 Å². The summed E-state index contributed by atoms with van der Waals surface area (Å²) in [5.74, 6) is -1.62. The number of nitrogens with zero attached hydrogens (tertiary/aromatic N) is 1. The van der Waals surface area contributed by atoms with E-state index in [0.717, 1.165) is 0 Å². The zero-order chi connectivity index (χ0) is 20.6. The number of rotatable bonds is 7. The minimum absolute atomic E-state index is 0.0184. The Labute approximate surface area is 166 Å². The molecule has 2 N–H and O–H groups in total. The van der Waals surface area contributed by atoms with E-state index in [-0.39, 0.29) is 30.0 Å². The Morgan fingerprint density at radius 3 is 1.97 bits per heavy atom. The van der Waals surface area contributed by atoms with Gasteiger partial charge in [-0.1, -0.05) is 36.4 Å². The number of aromatic nitrogens is 1. The zero-order valence-electron chi connectivity index (χ0n) is 15.5. The van der Waals surface area contributed by atoms with Crippen LogP contribution in [0, 0.1) is 11.6 Å². The molecule has 0 aliphatic carbocycles. The van der Waals surface area contributed by atoms with Gasteiger partial charge in [0.25, 0.3) is 11.8 Å². The number of pyridine rings is 1. The van der Waals surface area contributed by atoms with E-state index in [4.69, 9.17) is 0 Å². The molecule has 5 nitrogen and oxygen atoms in total. The Hall–Kier alpha value is -3.61. The Balaban J connectivity index is 1.56. The van der Waals surface area contributed by atoms with Crippen LogP contribution in [0.15, 0.2) is 67.0 Å². The molecule has 3 rings (SSSR count). The monoisotopic (exact) mass is 395 g/mol. The fourth-order valence-electron chi connectivity index (χ4n) is 2.72. The van der Waals surface area contributed by atoms with Gasteiger partial charge in [-0.25, -0.2) is 8.78 Å². The highest BCUT2D eigenvalue weighted by Gasteiger charge is 2.12. The molecule has 2 aromatic carbocycles. The van der Waals surface area contributed by atoms with Crippen molar-refractivity contribution in [1.82, 2.24) is 15.6 Å². The van der Waals surface area contributed by atoms with Crippen molar-refractivity contribution < 1.29 is 18.4 Å². The molecular formula is C22H19F2N3O2. The zero-order valence-corrected chi connectivity index (χ0v) is 15.5. The molecule has 29 heavy (non-hydrogen) atoms. The van der Waals surface area contributed by atoms with Gasteiger partial charge in [0.05, 0.1) is 11.1 Å². The topological polar surface area (TPSA) is 71.1 Å². The molecule has 0 radical (unpaired) electrons. The third-order valence-electron chi connectivity index (χ3n) is 4.30. The summed E-state index contributed by atoms with van der Waals surface area (Å²) < 4.78 is 27.2. The predicted octanol–water partition coefficient (Wildman–Crippen LogP) is 3.26. The molecule has 7 heteroatoms. The second kappa shape index (κ2) is 9.54. The van der Waals surface area contributed by atoms with Crippen LogP contribution in [0.5, 0.6) is 0 Å². The van der Waals surface area contributed by atoms with Gasteiger partial charge in [-0.15, -0.1) is 0 Å². The van der Waals surface area contributed by atoms with Crippen molar-refractivity contribution in [3.05, 3.63) is 101 Å². The summed E-state index contributed by atoms with van der Waals surface area (Å²) in [5, 5.41) is 5.28. The number of carbonyl (C=O) groups excluding carboxylic acids is 2. The molecule has 1 aromatic heterocycles. The van der Waals surface area contributed by atoms with Gasteiger partial charge in [0.1, 0.15) is 11.6 Å². The Kier molecular flexibility index (Phi) is 6.63. The fraction of sp³-hybridized carbons (Fsp3) is 0.136. The average molecular weight is 395 g/mol. The lowest BCUT2D eigenvalue weighted by Gasteiger charge is -2.08. The molecule has 0 unspecified atom stereocenters. The molecule has 1 heterocycles. The fourth-order valence-corrected chi connectivity index (χ4v) is 2.72. The highest BCUT2D eigenvalue weighted by atomic mass is 19.1. The number of benzene rings is 2. The van der Waals surface area contributed by atoms with Crippen LogP contribution in [-0.4, -0.2) is 23.3 Å². The SMILES string of the molecule is O=C(NCCc1ccccc1F)c1cncc(C(=O)NCc2ccccc2F)c1. The largest absolute Gasteiger partial charge is 0.352 e. The van der Waals surface area contributed by atoms with Gasteiger partial charge in [-0.05, 0) is 30.2 Å². The molecule has 0 spiro atoms. The first-order valence-corrected chi connectivity index (χ1v) is 9.03. The summed E-state index contributed by atoms with van der Waals surface area (Å²) in [6, 6.07) is 13.9. The third-order valence-corrected chi connectivity index (χ3v) is 4.30. The van der Waals surface area contributed by atoms with Crippen molar-refractivity contribution in [3.8, 4) is 0 Å². The minimum atomic E-state index is -0.471. The number of nitrogens with one attached hydrogen (secondary N) is 2. The maximum absolute atomic E-state index is 13.6. The summed E-state index contributed by atoms with van der Waals surface area (Å²) in [7, 11) is 0. The van der Waals surface area contributed by atoms with Crippen LogP contribution in [-0.2, 0) is 13.0 Å². The third kappa shape index (κ3) is 5.44. The molecule has 3 aromatic rings. The summed E-state index contributed by atoms with van der Waals surface area (Å²) in [5.41, 5.74) is 1.25. The molecule has 0 aliphatic rings. The van der Waals surface area contributed by atoms with E-state index in [1.54, 1.807) is 36.4 Å². The molecule has 0 atom stereocenters. The lowest BCUT2D eigenvalue weighted by atomic mass is 10.1. The van der Waals surface area contributed by atoms with Crippen molar-refractivity contribution in [2.24, 2.45) is 0 Å². The minimum Gasteiger partial charge on any atom is -0.352 e. The number of hydrogen-bond acceptors (Lipinski definition) is 3. The van der Waals surface area contributed by atoms with E-state index < -0.39 is 17.6 Å². The quantitative estimate of drug-likeness (QED) is 0.645. The van der Waals surface area contributed by atoms with Gasteiger partial charge in [-0.2, -0.15) is 0 Å². The maximum Gasteiger partial charge on any atom is 0.253 e. The smallest absolute Gasteiger partial charge is 0.253 e. The number of amides is 2. The first-order chi connectivity index (χ1) is 14.0. The molecule has 0 bridgehead atoms. The standard InChI is InChI=1S/C22H19F2N3O2/c23-19-7-3-1-5-15(19)9-10-26-21(28)17-11-18(13-25-12-17)22(29)27-14-16-6-2-4-8-20(16)24/h1-8,11-13H,9-10,14H2,(H,26,28)(H,27,29). The first kappa shape index (κ1) is 20.1. The van der Waals surface area contributed by atoms with Gasteiger partial charge in [0.2, 0.25) is 0 Å². The average Bonchev–Trinajstić information content (AvgIpc) is 2.74. The Morgan fingerprint density at radius 1 is 0.793 bits per heavy atom. The van der Waals surface area contributed by atoms with Gasteiger partial charge >= 0.3 is 0 Å². The molecule has 0 fully saturated rings. The van der Waals surface area contributed by atoms with Crippen LogP contribution in [0.3, 0.4) is 0 Å². The molecule has 0 saturated heterocycles. The molecular weight excluding hydrogens is 376 g/mol. The number of carbonyl (C=O) groups is 2. The Bertz CT molecular complexity index is 1020. The molecule has 0 aliphatic heterocycles.